The van der Waals surface area contributed by atoms with E-state index in [1.807, 2.05) is 0 Å². The summed E-state index contributed by atoms with van der Waals surface area (Å²) in [6, 6.07) is 6.26. The molecular formula is C23H21N3O10S. The van der Waals surface area contributed by atoms with Crippen molar-refractivity contribution in [3.05, 3.63) is 68.8 Å². The summed E-state index contributed by atoms with van der Waals surface area (Å²) < 4.78 is 16.0. The van der Waals surface area contributed by atoms with Gasteiger partial charge >= 0.3 is 11.9 Å². The van der Waals surface area contributed by atoms with Crippen molar-refractivity contribution in [2.45, 2.75) is 31.9 Å². The van der Waals surface area contributed by atoms with E-state index in [2.05, 4.69) is 5.32 Å². The lowest BCUT2D eigenvalue weighted by molar-refractivity contribution is -0.385. The highest BCUT2D eigenvalue weighted by Crippen LogP contribution is 2.40. The van der Waals surface area contributed by atoms with Crippen molar-refractivity contribution in [3.8, 4) is 5.75 Å². The minimum atomic E-state index is -1.33. The van der Waals surface area contributed by atoms with Gasteiger partial charge in [-0.25, -0.2) is 4.79 Å². The number of carbonyl (C=O) groups excluding carboxylic acids is 3. The molecule has 3 heterocycles. The molecule has 1 fully saturated rings. The molecular weight excluding hydrogens is 510 g/mol. The van der Waals surface area contributed by atoms with E-state index in [9.17, 15) is 34.4 Å². The Balaban J connectivity index is 1.37. The van der Waals surface area contributed by atoms with Crippen LogP contribution in [0.5, 0.6) is 5.75 Å². The molecule has 2 N–H and O–H groups in total. The average molecular weight is 531 g/mol. The lowest BCUT2D eigenvalue weighted by Crippen LogP contribution is -2.70. The number of fused-ring (bicyclic) bond motifs is 1. The molecule has 2 aliphatic rings. The number of nitro groups is 1. The van der Waals surface area contributed by atoms with E-state index in [1.165, 1.54) is 49.0 Å². The Hall–Kier alpha value is -4.33. The van der Waals surface area contributed by atoms with Gasteiger partial charge in [0.25, 0.3) is 17.5 Å². The van der Waals surface area contributed by atoms with Gasteiger partial charge in [-0.1, -0.05) is 0 Å². The van der Waals surface area contributed by atoms with Crippen LogP contribution in [0.2, 0.25) is 0 Å². The Morgan fingerprint density at radius 3 is 2.68 bits per heavy atom. The minimum Gasteiger partial charge on any atom is -0.486 e. The van der Waals surface area contributed by atoms with Crippen molar-refractivity contribution in [2.75, 3.05) is 12.4 Å². The number of benzene rings is 1. The monoisotopic (exact) mass is 531 g/mol. The largest absolute Gasteiger partial charge is 0.486 e. The third-order valence-corrected chi connectivity index (χ3v) is 6.96. The third kappa shape index (κ3) is 5.28. The molecule has 1 saturated heterocycles. The molecule has 13 nitrogen and oxygen atoms in total. The zero-order valence-corrected chi connectivity index (χ0v) is 20.4. The number of nitro benzene ring substituents is 1. The topological polar surface area (TPSA) is 179 Å². The highest BCUT2D eigenvalue weighted by Gasteiger charge is 2.54. The normalized spacial score (nSPS) is 18.5. The Bertz CT molecular complexity index is 1330. The SMILES string of the molecule is CC(=O)OCC1=C(C(=O)O)N2C(=O)[C@@H](NC(=O)c3ccc(COc4ccc([N+](=O)[O-])c(C)c4)o3)[C@H]2SC1. The van der Waals surface area contributed by atoms with Gasteiger partial charge in [-0.3, -0.25) is 29.4 Å². The fourth-order valence-electron chi connectivity index (χ4n) is 3.85. The van der Waals surface area contributed by atoms with Crippen LogP contribution in [-0.2, 0) is 25.7 Å². The molecule has 2 aromatic rings. The van der Waals surface area contributed by atoms with Crippen molar-refractivity contribution in [2.24, 2.45) is 0 Å². The van der Waals surface area contributed by atoms with Crippen LogP contribution in [0.1, 0.15) is 28.8 Å². The lowest BCUT2D eigenvalue weighted by atomic mass is 10.0. The van der Waals surface area contributed by atoms with Gasteiger partial charge < -0.3 is 24.3 Å². The summed E-state index contributed by atoms with van der Waals surface area (Å²) in [6.45, 7) is 2.50. The Kier molecular flexibility index (Phi) is 7.20. The number of carboxylic acids is 1. The molecule has 194 valence electrons. The number of carbonyl (C=O) groups is 4. The first-order valence-electron chi connectivity index (χ1n) is 10.9. The zero-order chi connectivity index (χ0) is 26.9. The van der Waals surface area contributed by atoms with Gasteiger partial charge in [-0.15, -0.1) is 11.8 Å². The van der Waals surface area contributed by atoms with E-state index < -0.39 is 40.1 Å². The van der Waals surface area contributed by atoms with Crippen LogP contribution < -0.4 is 10.1 Å². The van der Waals surface area contributed by atoms with Crippen LogP contribution in [-0.4, -0.2) is 62.5 Å². The summed E-state index contributed by atoms with van der Waals surface area (Å²) in [5.74, 6) is -2.35. The van der Waals surface area contributed by atoms with Crippen molar-refractivity contribution in [1.29, 1.82) is 0 Å². The Morgan fingerprint density at radius 1 is 1.27 bits per heavy atom. The molecule has 2 amide bonds. The molecule has 4 rings (SSSR count). The van der Waals surface area contributed by atoms with Gasteiger partial charge in [-0.2, -0.15) is 0 Å². The fourth-order valence-corrected chi connectivity index (χ4v) is 5.18. The van der Waals surface area contributed by atoms with Crippen LogP contribution in [0.4, 0.5) is 5.69 Å². The van der Waals surface area contributed by atoms with Gasteiger partial charge in [0.05, 0.1) is 4.92 Å². The minimum absolute atomic E-state index is 0.0314. The quantitative estimate of drug-likeness (QED) is 0.209. The molecule has 1 aromatic heterocycles. The summed E-state index contributed by atoms with van der Waals surface area (Å²) in [4.78, 5) is 59.8. The van der Waals surface area contributed by atoms with Gasteiger partial charge in [-0.05, 0) is 31.2 Å². The second-order valence-corrected chi connectivity index (χ2v) is 9.26. The van der Waals surface area contributed by atoms with Crippen LogP contribution in [0.3, 0.4) is 0 Å². The average Bonchev–Trinajstić information content (AvgIpc) is 3.32. The zero-order valence-electron chi connectivity index (χ0n) is 19.6. The molecule has 2 aliphatic heterocycles. The number of amides is 2. The number of esters is 1. The number of nitrogens with one attached hydrogen (secondary N) is 1. The molecule has 0 unspecified atom stereocenters. The molecule has 0 bridgehead atoms. The summed E-state index contributed by atoms with van der Waals surface area (Å²) >= 11 is 1.24. The molecule has 0 aliphatic carbocycles. The fraction of sp³-hybridized carbons (Fsp3) is 0.304. The summed E-state index contributed by atoms with van der Waals surface area (Å²) in [6.07, 6.45) is 0. The number of hydrogen-bond acceptors (Lipinski definition) is 10. The number of hydrogen-bond donors (Lipinski definition) is 2. The van der Waals surface area contributed by atoms with Gasteiger partial charge in [0.1, 0.15) is 41.8 Å². The number of nitrogens with zero attached hydrogens (tertiary/aromatic N) is 2. The maximum absolute atomic E-state index is 12.7. The van der Waals surface area contributed by atoms with E-state index in [1.54, 1.807) is 6.92 Å². The maximum atomic E-state index is 12.7. The molecule has 37 heavy (non-hydrogen) atoms. The van der Waals surface area contributed by atoms with Crippen LogP contribution in [0.25, 0.3) is 0 Å². The number of aryl methyl sites for hydroxylation is 1. The molecule has 0 saturated carbocycles. The van der Waals surface area contributed by atoms with Crippen molar-refractivity contribution in [3.63, 3.8) is 0 Å². The first kappa shape index (κ1) is 25.8. The van der Waals surface area contributed by atoms with Crippen LogP contribution >= 0.6 is 11.8 Å². The molecule has 14 heteroatoms. The molecule has 0 spiro atoms. The second kappa shape index (κ2) is 10.3. The Morgan fingerprint density at radius 2 is 2.03 bits per heavy atom. The van der Waals surface area contributed by atoms with Crippen molar-refractivity contribution < 1.29 is 43.1 Å². The highest BCUT2D eigenvalue weighted by molar-refractivity contribution is 8.00. The molecule has 0 radical (unpaired) electrons. The van der Waals surface area contributed by atoms with Gasteiger partial charge in [0.2, 0.25) is 0 Å². The van der Waals surface area contributed by atoms with E-state index in [0.29, 0.717) is 22.6 Å². The first-order valence-corrected chi connectivity index (χ1v) is 11.9. The molecule has 1 aromatic carbocycles. The van der Waals surface area contributed by atoms with Crippen LogP contribution in [0.15, 0.2) is 46.0 Å². The maximum Gasteiger partial charge on any atom is 0.352 e. The Labute approximate surface area is 213 Å². The highest BCUT2D eigenvalue weighted by atomic mass is 32.2. The second-order valence-electron chi connectivity index (χ2n) is 8.16. The number of aliphatic carboxylic acids is 1. The summed E-state index contributed by atoms with van der Waals surface area (Å²) in [5.41, 5.74) is 0.442. The van der Waals surface area contributed by atoms with E-state index in [-0.39, 0.29) is 36.1 Å². The molecule has 2 atom stereocenters. The predicted octanol–water partition coefficient (Wildman–Crippen LogP) is 1.99. The van der Waals surface area contributed by atoms with Crippen LogP contribution in [0, 0.1) is 17.0 Å². The standard InChI is InChI=1S/C23H21N3O10S/c1-11-7-14(3-5-16(11)26(32)33)35-9-15-4-6-17(36-15)20(28)24-18-21(29)25-19(23(30)31)13(8-34-12(2)27)10-37-22(18)25/h3-7,18,22H,8-10H2,1-2H3,(H,24,28)(H,30,31)/t18-,22-/m1/s1. The lowest BCUT2D eigenvalue weighted by Gasteiger charge is -2.49. The number of rotatable bonds is 9. The summed E-state index contributed by atoms with van der Waals surface area (Å²) in [5, 5.41) is 22.5. The first-order chi connectivity index (χ1) is 17.6. The van der Waals surface area contributed by atoms with E-state index >= 15 is 0 Å². The smallest absolute Gasteiger partial charge is 0.352 e. The summed E-state index contributed by atoms with van der Waals surface area (Å²) in [7, 11) is 0. The number of carboxylic acid groups (broad SMARTS) is 1. The van der Waals surface area contributed by atoms with Gasteiger partial charge in [0.15, 0.2) is 5.76 Å². The number of thioether (sulfide) groups is 1. The number of furan rings is 1. The number of β-lactam (4-membered cyclic amide) rings is 1. The van der Waals surface area contributed by atoms with Crippen molar-refractivity contribution >= 4 is 41.2 Å². The van der Waals surface area contributed by atoms with Gasteiger partial charge in [0, 0.05) is 29.9 Å². The predicted molar refractivity (Wildman–Crippen MR) is 127 cm³/mol. The van der Waals surface area contributed by atoms with E-state index in [0.717, 1.165) is 4.90 Å². The van der Waals surface area contributed by atoms with E-state index in [4.69, 9.17) is 13.9 Å². The van der Waals surface area contributed by atoms with Crippen molar-refractivity contribution in [1.82, 2.24) is 10.2 Å². The third-order valence-electron chi connectivity index (χ3n) is 5.62. The number of ether oxygens (including phenoxy) is 2.